The highest BCUT2D eigenvalue weighted by molar-refractivity contribution is 7.16. The topological polar surface area (TPSA) is 54.7 Å². The standard InChI is InChI=1S/C22H23ClN2O3S/c1-14-15(2)29-22(24-21(26)18-7-4-10-28-18)19(14)20(25-8-11-27-12-9-25)16-5-3-6-17(23)13-16/h3-7,10,13,20H,8-9,11-12H2,1-2H3,(H,24,26)/t20-/m0/s1. The summed E-state index contributed by atoms with van der Waals surface area (Å²) in [6.45, 7) is 7.21. The monoisotopic (exact) mass is 430 g/mol. The number of carbonyl (C=O) groups is 1. The van der Waals surface area contributed by atoms with Crippen LogP contribution < -0.4 is 5.32 Å². The van der Waals surface area contributed by atoms with E-state index in [1.165, 1.54) is 16.7 Å². The Hall–Kier alpha value is -2.12. The maximum absolute atomic E-state index is 12.7. The molecule has 152 valence electrons. The predicted molar refractivity (Wildman–Crippen MR) is 116 cm³/mol. The molecule has 0 radical (unpaired) electrons. The van der Waals surface area contributed by atoms with Crippen molar-refractivity contribution in [2.45, 2.75) is 19.9 Å². The van der Waals surface area contributed by atoms with E-state index in [-0.39, 0.29) is 11.9 Å². The van der Waals surface area contributed by atoms with E-state index in [0.29, 0.717) is 24.0 Å². The van der Waals surface area contributed by atoms with E-state index in [4.69, 9.17) is 20.8 Å². The van der Waals surface area contributed by atoms with Gasteiger partial charge in [-0.3, -0.25) is 9.69 Å². The maximum atomic E-state index is 12.7. The Balaban J connectivity index is 1.78. The number of morpholine rings is 1. The van der Waals surface area contributed by atoms with Gasteiger partial charge >= 0.3 is 0 Å². The molecule has 5 nitrogen and oxygen atoms in total. The summed E-state index contributed by atoms with van der Waals surface area (Å²) in [7, 11) is 0. The number of carbonyl (C=O) groups excluding carboxylic acids is 1. The number of hydrogen-bond acceptors (Lipinski definition) is 5. The van der Waals surface area contributed by atoms with Gasteiger partial charge in [-0.1, -0.05) is 23.7 Å². The van der Waals surface area contributed by atoms with Crippen LogP contribution in [0.25, 0.3) is 0 Å². The molecular weight excluding hydrogens is 408 g/mol. The van der Waals surface area contributed by atoms with Gasteiger partial charge < -0.3 is 14.5 Å². The van der Waals surface area contributed by atoms with Gasteiger partial charge in [-0.25, -0.2) is 0 Å². The number of furan rings is 1. The van der Waals surface area contributed by atoms with E-state index < -0.39 is 0 Å². The average Bonchev–Trinajstić information content (AvgIpc) is 3.34. The summed E-state index contributed by atoms with van der Waals surface area (Å²) in [5, 5.41) is 4.62. The third-order valence-electron chi connectivity index (χ3n) is 5.25. The lowest BCUT2D eigenvalue weighted by molar-refractivity contribution is 0.0240. The van der Waals surface area contributed by atoms with Gasteiger partial charge in [-0.2, -0.15) is 0 Å². The minimum atomic E-state index is -0.246. The lowest BCUT2D eigenvalue weighted by Gasteiger charge is -2.35. The van der Waals surface area contributed by atoms with E-state index >= 15 is 0 Å². The highest BCUT2D eigenvalue weighted by atomic mass is 35.5. The van der Waals surface area contributed by atoms with E-state index in [1.807, 2.05) is 18.2 Å². The second-order valence-corrected chi connectivity index (χ2v) is 8.72. The molecule has 0 saturated carbocycles. The van der Waals surface area contributed by atoms with Crippen LogP contribution in [-0.2, 0) is 4.74 Å². The quantitative estimate of drug-likeness (QED) is 0.597. The second-order valence-electron chi connectivity index (χ2n) is 7.06. The van der Waals surface area contributed by atoms with Crippen LogP contribution in [0.5, 0.6) is 0 Å². The number of ether oxygens (including phenoxy) is 1. The third-order valence-corrected chi connectivity index (χ3v) is 6.63. The van der Waals surface area contributed by atoms with Gasteiger partial charge in [-0.05, 0) is 49.2 Å². The number of nitrogens with one attached hydrogen (secondary N) is 1. The maximum Gasteiger partial charge on any atom is 0.291 e. The highest BCUT2D eigenvalue weighted by Gasteiger charge is 2.30. The molecule has 1 N–H and O–H groups in total. The Bertz CT molecular complexity index is 994. The first-order valence-electron chi connectivity index (χ1n) is 9.56. The molecule has 1 saturated heterocycles. The summed E-state index contributed by atoms with van der Waals surface area (Å²) in [6.07, 6.45) is 1.50. The van der Waals surface area contributed by atoms with Gasteiger partial charge in [0, 0.05) is 28.6 Å². The van der Waals surface area contributed by atoms with Crippen molar-refractivity contribution < 1.29 is 13.9 Å². The van der Waals surface area contributed by atoms with E-state index in [0.717, 1.165) is 29.2 Å². The van der Waals surface area contributed by atoms with E-state index in [9.17, 15) is 4.79 Å². The van der Waals surface area contributed by atoms with Crippen LogP contribution in [0.4, 0.5) is 5.00 Å². The van der Waals surface area contributed by atoms with Crippen LogP contribution in [0.15, 0.2) is 47.1 Å². The van der Waals surface area contributed by atoms with Gasteiger partial charge in [-0.15, -0.1) is 11.3 Å². The number of nitrogens with zero attached hydrogens (tertiary/aromatic N) is 1. The van der Waals surface area contributed by atoms with Crippen molar-refractivity contribution >= 4 is 33.8 Å². The molecule has 1 fully saturated rings. The van der Waals surface area contributed by atoms with Crippen LogP contribution in [0, 0.1) is 13.8 Å². The molecule has 3 aromatic rings. The Morgan fingerprint density at radius 2 is 2.00 bits per heavy atom. The largest absolute Gasteiger partial charge is 0.459 e. The normalized spacial score (nSPS) is 16.0. The van der Waals surface area contributed by atoms with Crippen molar-refractivity contribution in [2.75, 3.05) is 31.6 Å². The van der Waals surface area contributed by atoms with Gasteiger partial charge in [0.2, 0.25) is 0 Å². The SMILES string of the molecule is Cc1sc(NC(=O)c2ccco2)c([C@H](c2cccc(Cl)c2)N2CCOCC2)c1C. The van der Waals surface area contributed by atoms with Gasteiger partial charge in [0.15, 0.2) is 5.76 Å². The Kier molecular flexibility index (Phi) is 6.06. The van der Waals surface area contributed by atoms with Crippen LogP contribution in [0.3, 0.4) is 0 Å². The number of rotatable bonds is 5. The first kappa shape index (κ1) is 20.2. The van der Waals surface area contributed by atoms with Crippen molar-refractivity contribution in [3.63, 3.8) is 0 Å². The molecule has 1 atom stereocenters. The van der Waals surface area contributed by atoms with Crippen molar-refractivity contribution in [3.05, 3.63) is 75.0 Å². The third kappa shape index (κ3) is 4.26. The molecule has 1 aromatic carbocycles. The van der Waals surface area contributed by atoms with Crippen molar-refractivity contribution in [3.8, 4) is 0 Å². The number of halogens is 1. The zero-order valence-electron chi connectivity index (χ0n) is 16.4. The van der Waals surface area contributed by atoms with E-state index in [2.05, 4.69) is 30.1 Å². The molecule has 7 heteroatoms. The lowest BCUT2D eigenvalue weighted by atomic mass is 9.94. The molecular formula is C22H23ClN2O3S. The summed E-state index contributed by atoms with van der Waals surface area (Å²) < 4.78 is 10.8. The number of benzene rings is 1. The first-order valence-corrected chi connectivity index (χ1v) is 10.8. The minimum Gasteiger partial charge on any atom is -0.459 e. The van der Waals surface area contributed by atoms with Crippen LogP contribution in [-0.4, -0.2) is 37.1 Å². The highest BCUT2D eigenvalue weighted by Crippen LogP contribution is 2.43. The Morgan fingerprint density at radius 3 is 2.69 bits per heavy atom. The average molecular weight is 431 g/mol. The second kappa shape index (κ2) is 8.71. The van der Waals surface area contributed by atoms with Crippen molar-refractivity contribution in [1.82, 2.24) is 4.90 Å². The lowest BCUT2D eigenvalue weighted by Crippen LogP contribution is -2.39. The molecule has 1 amide bonds. The summed E-state index contributed by atoms with van der Waals surface area (Å²) in [6, 6.07) is 11.3. The fourth-order valence-electron chi connectivity index (χ4n) is 3.71. The van der Waals surface area contributed by atoms with E-state index in [1.54, 1.807) is 23.5 Å². The molecule has 0 aliphatic carbocycles. The number of anilines is 1. The molecule has 0 bridgehead atoms. The molecule has 0 unspecified atom stereocenters. The molecule has 0 spiro atoms. The number of hydrogen-bond donors (Lipinski definition) is 1. The van der Waals surface area contributed by atoms with Crippen LogP contribution >= 0.6 is 22.9 Å². The molecule has 2 aromatic heterocycles. The Labute approximate surface area is 179 Å². The molecule has 1 aliphatic rings. The summed E-state index contributed by atoms with van der Waals surface area (Å²) >= 11 is 7.92. The smallest absolute Gasteiger partial charge is 0.291 e. The first-order chi connectivity index (χ1) is 14.0. The van der Waals surface area contributed by atoms with Gasteiger partial charge in [0.25, 0.3) is 5.91 Å². The predicted octanol–water partition coefficient (Wildman–Crippen LogP) is 5.29. The summed E-state index contributed by atoms with van der Waals surface area (Å²) in [5.41, 5.74) is 3.39. The molecule has 3 heterocycles. The van der Waals surface area contributed by atoms with Crippen LogP contribution in [0.2, 0.25) is 5.02 Å². The number of amides is 1. The Morgan fingerprint density at radius 1 is 1.21 bits per heavy atom. The zero-order chi connectivity index (χ0) is 20.4. The summed E-state index contributed by atoms with van der Waals surface area (Å²) in [5.74, 6) is 0.0506. The van der Waals surface area contributed by atoms with Crippen molar-refractivity contribution in [2.24, 2.45) is 0 Å². The van der Waals surface area contributed by atoms with Gasteiger partial charge in [0.05, 0.1) is 25.5 Å². The van der Waals surface area contributed by atoms with Crippen molar-refractivity contribution in [1.29, 1.82) is 0 Å². The fourth-order valence-corrected chi connectivity index (χ4v) is 5.00. The summed E-state index contributed by atoms with van der Waals surface area (Å²) in [4.78, 5) is 16.3. The molecule has 29 heavy (non-hydrogen) atoms. The van der Waals surface area contributed by atoms with Gasteiger partial charge in [0.1, 0.15) is 5.00 Å². The van der Waals surface area contributed by atoms with Crippen LogP contribution in [0.1, 0.15) is 38.2 Å². The minimum absolute atomic E-state index is 0.0190. The number of thiophene rings is 1. The number of aryl methyl sites for hydroxylation is 1. The molecule has 1 aliphatic heterocycles. The fraction of sp³-hybridized carbons (Fsp3) is 0.318. The zero-order valence-corrected chi connectivity index (χ0v) is 18.0. The molecule has 4 rings (SSSR count).